The van der Waals surface area contributed by atoms with Crippen LogP contribution in [0.4, 0.5) is 4.39 Å². The highest BCUT2D eigenvalue weighted by molar-refractivity contribution is 5.23. The lowest BCUT2D eigenvalue weighted by Gasteiger charge is -2.33. The largest absolute Gasteiger partial charge is 0.372 e. The maximum absolute atomic E-state index is 13.0. The molecule has 0 aromatic heterocycles. The van der Waals surface area contributed by atoms with Crippen molar-refractivity contribution in [2.75, 3.05) is 13.1 Å². The van der Waals surface area contributed by atoms with Crippen LogP contribution in [-0.2, 0) is 0 Å². The van der Waals surface area contributed by atoms with Crippen molar-refractivity contribution in [3.8, 4) is 0 Å². The summed E-state index contributed by atoms with van der Waals surface area (Å²) < 4.78 is 13.0. The molecular formula is C14H22FN. The van der Waals surface area contributed by atoms with E-state index in [2.05, 4.69) is 37.0 Å². The normalized spacial score (nSPS) is 27.4. The predicted octanol–water partition coefficient (Wildman–Crippen LogP) is 3.54. The Morgan fingerprint density at radius 1 is 1.31 bits per heavy atom. The van der Waals surface area contributed by atoms with E-state index in [1.54, 1.807) is 0 Å². The van der Waals surface area contributed by atoms with E-state index in [1.807, 2.05) is 0 Å². The fourth-order valence-electron chi connectivity index (χ4n) is 2.46. The van der Waals surface area contributed by atoms with Gasteiger partial charge in [0, 0.05) is 18.8 Å². The number of hydrogen-bond donors (Lipinski definition) is 0. The zero-order valence-corrected chi connectivity index (χ0v) is 10.3. The van der Waals surface area contributed by atoms with Crippen molar-refractivity contribution in [3.05, 3.63) is 23.9 Å². The first kappa shape index (κ1) is 11.7. The van der Waals surface area contributed by atoms with Crippen LogP contribution >= 0.6 is 0 Å². The summed E-state index contributed by atoms with van der Waals surface area (Å²) in [5, 5.41) is 0. The number of rotatable bonds is 2. The van der Waals surface area contributed by atoms with Gasteiger partial charge in [-0.05, 0) is 37.2 Å². The Balaban J connectivity index is 1.91. The van der Waals surface area contributed by atoms with Crippen LogP contribution in [0.3, 0.4) is 0 Å². The molecule has 1 nitrogen and oxygen atoms in total. The van der Waals surface area contributed by atoms with Gasteiger partial charge in [-0.2, -0.15) is 0 Å². The second kappa shape index (κ2) is 5.03. The first-order valence-electron chi connectivity index (χ1n) is 6.44. The molecule has 0 amide bonds. The van der Waals surface area contributed by atoms with Crippen molar-refractivity contribution in [1.29, 1.82) is 0 Å². The topological polar surface area (TPSA) is 3.24 Å². The summed E-state index contributed by atoms with van der Waals surface area (Å²) in [4.78, 5) is 2.32. The molecule has 0 aromatic rings. The number of nitrogens with zero attached hydrogens (tertiary/aromatic N) is 1. The Hall–Kier alpha value is -0.790. The van der Waals surface area contributed by atoms with Crippen LogP contribution in [0, 0.1) is 11.8 Å². The summed E-state index contributed by atoms with van der Waals surface area (Å²) in [5.74, 6) is 1.40. The van der Waals surface area contributed by atoms with Gasteiger partial charge in [0.25, 0.3) is 0 Å². The lowest BCUT2D eigenvalue weighted by molar-refractivity contribution is 0.182. The lowest BCUT2D eigenvalue weighted by Crippen LogP contribution is -2.33. The third kappa shape index (κ3) is 2.66. The molecule has 0 aromatic carbocycles. The minimum Gasteiger partial charge on any atom is -0.372 e. The number of piperidine rings is 1. The van der Waals surface area contributed by atoms with Gasteiger partial charge in [0.05, 0.1) is 0 Å². The van der Waals surface area contributed by atoms with Gasteiger partial charge >= 0.3 is 0 Å². The first-order chi connectivity index (χ1) is 7.66. The van der Waals surface area contributed by atoms with Crippen LogP contribution in [-0.4, -0.2) is 24.2 Å². The van der Waals surface area contributed by atoms with Crippen molar-refractivity contribution in [3.63, 3.8) is 0 Å². The molecule has 0 bridgehead atoms. The SMILES string of the molecule is CC(C)C1C=CC(N2CCC(F)CC2)=CC1. The molecular weight excluding hydrogens is 201 g/mol. The molecule has 90 valence electrons. The van der Waals surface area contributed by atoms with E-state index < -0.39 is 6.17 Å². The zero-order chi connectivity index (χ0) is 11.5. The summed E-state index contributed by atoms with van der Waals surface area (Å²) in [6.45, 7) is 6.29. The van der Waals surface area contributed by atoms with Crippen LogP contribution in [0.25, 0.3) is 0 Å². The quantitative estimate of drug-likeness (QED) is 0.692. The molecule has 0 radical (unpaired) electrons. The average Bonchev–Trinajstić information content (AvgIpc) is 2.30. The van der Waals surface area contributed by atoms with E-state index in [1.165, 1.54) is 5.70 Å². The van der Waals surface area contributed by atoms with E-state index in [9.17, 15) is 4.39 Å². The fraction of sp³-hybridized carbons (Fsp3) is 0.714. The zero-order valence-electron chi connectivity index (χ0n) is 10.3. The number of allylic oxidation sites excluding steroid dienone is 3. The third-order valence-electron chi connectivity index (χ3n) is 3.76. The molecule has 1 unspecified atom stereocenters. The standard InChI is InChI=1S/C14H22FN/c1-11(2)12-3-5-14(6-4-12)16-9-7-13(15)8-10-16/h3,5-6,11-13H,4,7-10H2,1-2H3. The Morgan fingerprint density at radius 2 is 2.00 bits per heavy atom. The maximum atomic E-state index is 13.0. The van der Waals surface area contributed by atoms with Gasteiger partial charge in [-0.1, -0.05) is 26.0 Å². The van der Waals surface area contributed by atoms with Gasteiger partial charge in [-0.25, -0.2) is 4.39 Å². The van der Waals surface area contributed by atoms with E-state index in [4.69, 9.17) is 0 Å². The van der Waals surface area contributed by atoms with Gasteiger partial charge in [0.2, 0.25) is 0 Å². The summed E-state index contributed by atoms with van der Waals surface area (Å²) >= 11 is 0. The molecule has 2 aliphatic rings. The molecule has 1 aliphatic carbocycles. The molecule has 0 N–H and O–H groups in total. The molecule has 1 saturated heterocycles. The maximum Gasteiger partial charge on any atom is 0.103 e. The van der Waals surface area contributed by atoms with Crippen molar-refractivity contribution in [2.24, 2.45) is 11.8 Å². The van der Waals surface area contributed by atoms with E-state index in [-0.39, 0.29) is 0 Å². The highest BCUT2D eigenvalue weighted by atomic mass is 19.1. The van der Waals surface area contributed by atoms with Crippen molar-refractivity contribution < 1.29 is 4.39 Å². The summed E-state index contributed by atoms with van der Waals surface area (Å²) in [6, 6.07) is 0. The summed E-state index contributed by atoms with van der Waals surface area (Å²) in [7, 11) is 0. The van der Waals surface area contributed by atoms with Crippen molar-refractivity contribution in [2.45, 2.75) is 39.3 Å². The van der Waals surface area contributed by atoms with Crippen LogP contribution in [0.1, 0.15) is 33.1 Å². The number of halogens is 1. The highest BCUT2D eigenvalue weighted by Gasteiger charge is 2.21. The highest BCUT2D eigenvalue weighted by Crippen LogP contribution is 2.26. The molecule has 2 heteroatoms. The molecule has 1 aliphatic heterocycles. The average molecular weight is 223 g/mol. The van der Waals surface area contributed by atoms with Gasteiger partial charge in [-0.3, -0.25) is 0 Å². The van der Waals surface area contributed by atoms with Gasteiger partial charge < -0.3 is 4.90 Å². The first-order valence-corrected chi connectivity index (χ1v) is 6.44. The Bertz CT molecular complexity index is 285. The number of alkyl halides is 1. The smallest absolute Gasteiger partial charge is 0.103 e. The van der Waals surface area contributed by atoms with E-state index in [0.717, 1.165) is 19.5 Å². The molecule has 16 heavy (non-hydrogen) atoms. The second-order valence-corrected chi connectivity index (χ2v) is 5.29. The predicted molar refractivity (Wildman–Crippen MR) is 65.9 cm³/mol. The molecule has 2 rings (SSSR count). The number of hydrogen-bond acceptors (Lipinski definition) is 1. The monoisotopic (exact) mass is 223 g/mol. The minimum absolute atomic E-state index is 0.576. The lowest BCUT2D eigenvalue weighted by atomic mass is 9.88. The van der Waals surface area contributed by atoms with Gasteiger partial charge in [-0.15, -0.1) is 0 Å². The summed E-state index contributed by atoms with van der Waals surface area (Å²) in [6.07, 6.45) is 8.82. The molecule has 0 saturated carbocycles. The van der Waals surface area contributed by atoms with E-state index >= 15 is 0 Å². The molecule has 1 heterocycles. The minimum atomic E-state index is -0.576. The van der Waals surface area contributed by atoms with Gasteiger partial charge in [0.1, 0.15) is 6.17 Å². The van der Waals surface area contributed by atoms with Crippen LogP contribution < -0.4 is 0 Å². The fourth-order valence-corrected chi connectivity index (χ4v) is 2.46. The Kier molecular flexibility index (Phi) is 3.67. The second-order valence-electron chi connectivity index (χ2n) is 5.29. The number of likely N-dealkylation sites (tertiary alicyclic amines) is 1. The van der Waals surface area contributed by atoms with E-state index in [0.29, 0.717) is 24.7 Å². The Morgan fingerprint density at radius 3 is 2.50 bits per heavy atom. The van der Waals surface area contributed by atoms with Gasteiger partial charge in [0.15, 0.2) is 0 Å². The van der Waals surface area contributed by atoms with Crippen LogP contribution in [0.2, 0.25) is 0 Å². The third-order valence-corrected chi connectivity index (χ3v) is 3.76. The van der Waals surface area contributed by atoms with Crippen molar-refractivity contribution >= 4 is 0 Å². The van der Waals surface area contributed by atoms with Crippen LogP contribution in [0.5, 0.6) is 0 Å². The summed E-state index contributed by atoms with van der Waals surface area (Å²) in [5.41, 5.74) is 1.31. The van der Waals surface area contributed by atoms with Crippen molar-refractivity contribution in [1.82, 2.24) is 4.90 Å². The Labute approximate surface area is 98.0 Å². The molecule has 1 fully saturated rings. The molecule has 1 atom stereocenters. The van der Waals surface area contributed by atoms with Crippen LogP contribution in [0.15, 0.2) is 23.9 Å². The molecule has 0 spiro atoms.